The van der Waals surface area contributed by atoms with Crippen molar-refractivity contribution in [1.82, 2.24) is 0 Å². The third kappa shape index (κ3) is 2.85. The van der Waals surface area contributed by atoms with Crippen LogP contribution >= 0.6 is 11.8 Å². The summed E-state index contributed by atoms with van der Waals surface area (Å²) in [4.78, 5) is 1.31. The fourth-order valence-electron chi connectivity index (χ4n) is 2.88. The van der Waals surface area contributed by atoms with Crippen LogP contribution in [0.15, 0.2) is 47.4 Å². The summed E-state index contributed by atoms with van der Waals surface area (Å²) < 4.78 is 0. The largest absolute Gasteiger partial charge is 0.379 e. The minimum Gasteiger partial charge on any atom is -0.379 e. The molecular formula is C18H21NS. The number of anilines is 1. The Morgan fingerprint density at radius 3 is 2.50 bits per heavy atom. The lowest BCUT2D eigenvalue weighted by molar-refractivity contribution is 0.879. The molecule has 20 heavy (non-hydrogen) atoms. The van der Waals surface area contributed by atoms with Crippen LogP contribution in [0.5, 0.6) is 0 Å². The van der Waals surface area contributed by atoms with Gasteiger partial charge in [-0.25, -0.2) is 0 Å². The van der Waals surface area contributed by atoms with Crippen LogP contribution in [0.25, 0.3) is 0 Å². The lowest BCUT2D eigenvalue weighted by Crippen LogP contribution is -2.07. The highest BCUT2D eigenvalue weighted by Crippen LogP contribution is 2.27. The molecule has 1 N–H and O–H groups in total. The van der Waals surface area contributed by atoms with E-state index >= 15 is 0 Å². The molecule has 0 amide bonds. The first-order valence-electron chi connectivity index (χ1n) is 7.28. The monoisotopic (exact) mass is 283 g/mol. The van der Waals surface area contributed by atoms with Gasteiger partial charge in [0.2, 0.25) is 0 Å². The normalized spacial score (nSPS) is 14.9. The zero-order valence-corrected chi connectivity index (χ0v) is 13.0. The van der Waals surface area contributed by atoms with Gasteiger partial charge in [-0.3, -0.25) is 0 Å². The molecule has 0 fully saturated rings. The summed E-state index contributed by atoms with van der Waals surface area (Å²) in [6.07, 6.45) is 5.93. The smallest absolute Gasteiger partial charge is 0.0485 e. The van der Waals surface area contributed by atoms with Gasteiger partial charge in [-0.1, -0.05) is 18.2 Å². The lowest BCUT2D eigenvalue weighted by atomic mass is 10.0. The van der Waals surface area contributed by atoms with E-state index in [0.717, 1.165) is 0 Å². The first-order valence-corrected chi connectivity index (χ1v) is 8.51. The van der Waals surface area contributed by atoms with Gasteiger partial charge in [-0.05, 0) is 73.4 Å². The highest BCUT2D eigenvalue weighted by molar-refractivity contribution is 7.98. The molecule has 0 spiro atoms. The first kappa shape index (κ1) is 13.6. The molecule has 1 aliphatic rings. The van der Waals surface area contributed by atoms with Crippen molar-refractivity contribution in [3.05, 3.63) is 59.2 Å². The maximum atomic E-state index is 3.59. The highest BCUT2D eigenvalue weighted by atomic mass is 32.2. The lowest BCUT2D eigenvalue weighted by Gasteiger charge is -2.17. The predicted molar refractivity (Wildman–Crippen MR) is 88.7 cm³/mol. The second-order valence-electron chi connectivity index (χ2n) is 5.48. The third-order valence-electron chi connectivity index (χ3n) is 4.10. The number of fused-ring (bicyclic) bond motifs is 1. The zero-order valence-electron chi connectivity index (χ0n) is 12.1. The molecule has 1 unspecified atom stereocenters. The van der Waals surface area contributed by atoms with Crippen molar-refractivity contribution < 1.29 is 0 Å². The molecule has 0 radical (unpaired) electrons. The summed E-state index contributed by atoms with van der Waals surface area (Å²) >= 11 is 1.78. The average molecular weight is 283 g/mol. The van der Waals surface area contributed by atoms with E-state index in [0.29, 0.717) is 6.04 Å². The van der Waals surface area contributed by atoms with E-state index in [1.807, 2.05) is 0 Å². The second-order valence-corrected chi connectivity index (χ2v) is 6.36. The van der Waals surface area contributed by atoms with Gasteiger partial charge in [-0.2, -0.15) is 0 Å². The van der Waals surface area contributed by atoms with Crippen LogP contribution in [0.2, 0.25) is 0 Å². The number of hydrogen-bond donors (Lipinski definition) is 1. The Labute approximate surface area is 125 Å². The summed E-state index contributed by atoms with van der Waals surface area (Å²) in [5, 5.41) is 3.59. The van der Waals surface area contributed by atoms with Crippen molar-refractivity contribution in [2.75, 3.05) is 11.6 Å². The van der Waals surface area contributed by atoms with Crippen LogP contribution in [0, 0.1) is 0 Å². The Bertz CT molecular complexity index is 589. The Morgan fingerprint density at radius 1 is 1.00 bits per heavy atom. The van der Waals surface area contributed by atoms with Gasteiger partial charge in [-0.15, -0.1) is 11.8 Å². The van der Waals surface area contributed by atoms with E-state index in [9.17, 15) is 0 Å². The quantitative estimate of drug-likeness (QED) is 0.786. The molecule has 0 heterocycles. The molecule has 104 valence electrons. The molecular weight excluding hydrogens is 262 g/mol. The van der Waals surface area contributed by atoms with Gasteiger partial charge >= 0.3 is 0 Å². The molecule has 0 aromatic heterocycles. The predicted octanol–water partition coefficient (Wildman–Crippen LogP) is 5.07. The molecule has 0 saturated heterocycles. The molecule has 1 aliphatic carbocycles. The summed E-state index contributed by atoms with van der Waals surface area (Å²) in [6.45, 7) is 2.24. The van der Waals surface area contributed by atoms with Gasteiger partial charge in [0.05, 0.1) is 0 Å². The van der Waals surface area contributed by atoms with E-state index in [-0.39, 0.29) is 0 Å². The Kier molecular flexibility index (Phi) is 4.02. The molecule has 3 rings (SSSR count). The van der Waals surface area contributed by atoms with Gasteiger partial charge in [0.15, 0.2) is 0 Å². The standard InChI is InChI=1S/C18H21NS/c1-13(19-17-8-10-18(20-2)11-9-17)15-7-6-14-4-3-5-16(14)12-15/h6-13,19H,3-5H2,1-2H3. The number of nitrogens with one attached hydrogen (secondary N) is 1. The van der Waals surface area contributed by atoms with Gasteiger partial charge < -0.3 is 5.32 Å². The molecule has 0 bridgehead atoms. The topological polar surface area (TPSA) is 12.0 Å². The summed E-state index contributed by atoms with van der Waals surface area (Å²) in [5.41, 5.74) is 5.68. The fourth-order valence-corrected chi connectivity index (χ4v) is 3.29. The van der Waals surface area contributed by atoms with E-state index < -0.39 is 0 Å². The molecule has 0 aliphatic heterocycles. The minimum absolute atomic E-state index is 0.348. The van der Waals surface area contributed by atoms with Gasteiger partial charge in [0.1, 0.15) is 0 Å². The van der Waals surface area contributed by atoms with E-state index in [4.69, 9.17) is 0 Å². The Hall–Kier alpha value is -1.41. The van der Waals surface area contributed by atoms with Crippen LogP contribution in [0.3, 0.4) is 0 Å². The molecule has 1 nitrogen and oxygen atoms in total. The minimum atomic E-state index is 0.348. The third-order valence-corrected chi connectivity index (χ3v) is 4.84. The molecule has 2 aromatic rings. The van der Waals surface area contributed by atoms with Crippen LogP contribution in [-0.4, -0.2) is 6.26 Å². The van der Waals surface area contributed by atoms with Crippen LogP contribution in [-0.2, 0) is 12.8 Å². The van der Waals surface area contributed by atoms with E-state index in [1.54, 1.807) is 22.9 Å². The fraction of sp³-hybridized carbons (Fsp3) is 0.333. The van der Waals surface area contributed by atoms with Crippen molar-refractivity contribution in [2.24, 2.45) is 0 Å². The number of aryl methyl sites for hydroxylation is 2. The SMILES string of the molecule is CSc1ccc(NC(C)c2ccc3c(c2)CCC3)cc1. The first-order chi connectivity index (χ1) is 9.76. The maximum Gasteiger partial charge on any atom is 0.0485 e. The molecule has 1 atom stereocenters. The van der Waals surface area contributed by atoms with Crippen molar-refractivity contribution >= 4 is 17.4 Å². The van der Waals surface area contributed by atoms with Crippen LogP contribution < -0.4 is 5.32 Å². The summed E-state index contributed by atoms with van der Waals surface area (Å²) in [5.74, 6) is 0. The van der Waals surface area contributed by atoms with Crippen molar-refractivity contribution in [3.8, 4) is 0 Å². The zero-order chi connectivity index (χ0) is 13.9. The maximum absolute atomic E-state index is 3.59. The number of thioether (sulfide) groups is 1. The van der Waals surface area contributed by atoms with E-state index in [1.165, 1.54) is 35.4 Å². The molecule has 2 aromatic carbocycles. The van der Waals surface area contributed by atoms with Crippen molar-refractivity contribution in [3.63, 3.8) is 0 Å². The average Bonchev–Trinajstić information content (AvgIpc) is 2.95. The number of benzene rings is 2. The number of rotatable bonds is 4. The second kappa shape index (κ2) is 5.92. The van der Waals surface area contributed by atoms with Crippen molar-refractivity contribution in [2.45, 2.75) is 37.1 Å². The van der Waals surface area contributed by atoms with E-state index in [2.05, 4.69) is 61.0 Å². The Morgan fingerprint density at radius 2 is 1.75 bits per heavy atom. The van der Waals surface area contributed by atoms with Gasteiger partial charge in [0.25, 0.3) is 0 Å². The molecule has 2 heteroatoms. The van der Waals surface area contributed by atoms with Crippen molar-refractivity contribution in [1.29, 1.82) is 0 Å². The Balaban J connectivity index is 1.73. The van der Waals surface area contributed by atoms with Gasteiger partial charge in [0, 0.05) is 16.6 Å². The summed E-state index contributed by atoms with van der Waals surface area (Å²) in [6, 6.07) is 16.0. The highest BCUT2D eigenvalue weighted by Gasteiger charge is 2.13. The van der Waals surface area contributed by atoms with Crippen LogP contribution in [0.1, 0.15) is 36.1 Å². The molecule has 0 saturated carbocycles. The van der Waals surface area contributed by atoms with Crippen LogP contribution in [0.4, 0.5) is 5.69 Å². The number of hydrogen-bond acceptors (Lipinski definition) is 2. The summed E-state index contributed by atoms with van der Waals surface area (Å²) in [7, 11) is 0.